The zero-order chi connectivity index (χ0) is 14.3. The van der Waals surface area contributed by atoms with Gasteiger partial charge in [0.25, 0.3) is 0 Å². The molecule has 102 valence electrons. The molecule has 0 heterocycles. The van der Waals surface area contributed by atoms with Crippen LogP contribution in [0.1, 0.15) is 34.1 Å². The lowest BCUT2D eigenvalue weighted by molar-refractivity contribution is -0.151. The first-order valence-corrected chi connectivity index (χ1v) is 5.62. The minimum absolute atomic E-state index is 0.0859. The van der Waals surface area contributed by atoms with Crippen molar-refractivity contribution in [2.75, 3.05) is 13.2 Å². The van der Waals surface area contributed by atoms with Crippen molar-refractivity contribution >= 4 is 17.7 Å². The van der Waals surface area contributed by atoms with Gasteiger partial charge < -0.3 is 9.47 Å². The quantitative estimate of drug-likeness (QED) is 0.393. The van der Waals surface area contributed by atoms with E-state index in [2.05, 4.69) is 6.58 Å². The smallest absolute Gasteiger partial charge is 0.333 e. The summed E-state index contributed by atoms with van der Waals surface area (Å²) >= 11 is 0. The molecule has 0 fully saturated rings. The van der Waals surface area contributed by atoms with Gasteiger partial charge in [-0.15, -0.1) is 0 Å². The molecule has 0 aliphatic rings. The molecule has 0 N–H and O–H groups in total. The number of carbonyl (C=O) groups excluding carboxylic acids is 3. The molecule has 0 aliphatic heterocycles. The SMILES string of the molecule is C=C(C)C(=O)OCC(C)(C)COC(=O)CC(C)=O. The highest BCUT2D eigenvalue weighted by molar-refractivity contribution is 5.94. The molecule has 0 aromatic rings. The highest BCUT2D eigenvalue weighted by Crippen LogP contribution is 2.17. The number of hydrogen-bond acceptors (Lipinski definition) is 5. The lowest BCUT2D eigenvalue weighted by Gasteiger charge is -2.23. The zero-order valence-electron chi connectivity index (χ0n) is 11.4. The van der Waals surface area contributed by atoms with Gasteiger partial charge in [-0.3, -0.25) is 9.59 Å². The largest absolute Gasteiger partial charge is 0.465 e. The average Bonchev–Trinajstić information content (AvgIpc) is 2.22. The maximum atomic E-state index is 11.2. The molecule has 0 rings (SSSR count). The molecule has 0 spiro atoms. The van der Waals surface area contributed by atoms with E-state index in [0.29, 0.717) is 5.57 Å². The molecule has 0 aromatic carbocycles. The zero-order valence-corrected chi connectivity index (χ0v) is 11.4. The number of carbonyl (C=O) groups is 3. The first kappa shape index (κ1) is 16.4. The summed E-state index contributed by atoms with van der Waals surface area (Å²) in [5.74, 6) is -1.29. The summed E-state index contributed by atoms with van der Waals surface area (Å²) in [4.78, 5) is 33.1. The van der Waals surface area contributed by atoms with E-state index < -0.39 is 17.4 Å². The predicted molar refractivity (Wildman–Crippen MR) is 65.8 cm³/mol. The van der Waals surface area contributed by atoms with Crippen LogP contribution in [0, 0.1) is 5.41 Å². The minimum Gasteiger partial charge on any atom is -0.465 e. The fourth-order valence-corrected chi connectivity index (χ4v) is 0.956. The van der Waals surface area contributed by atoms with Gasteiger partial charge >= 0.3 is 11.9 Å². The second kappa shape index (κ2) is 6.93. The van der Waals surface area contributed by atoms with Gasteiger partial charge in [-0.05, 0) is 13.8 Å². The van der Waals surface area contributed by atoms with Gasteiger partial charge in [-0.2, -0.15) is 0 Å². The van der Waals surface area contributed by atoms with Gasteiger partial charge in [0.15, 0.2) is 0 Å². The minimum atomic E-state index is -0.568. The van der Waals surface area contributed by atoms with Gasteiger partial charge in [0, 0.05) is 11.0 Å². The van der Waals surface area contributed by atoms with E-state index in [4.69, 9.17) is 9.47 Å². The molecule has 0 saturated heterocycles. The molecule has 0 aromatic heterocycles. The van der Waals surface area contributed by atoms with E-state index in [1.54, 1.807) is 20.8 Å². The topological polar surface area (TPSA) is 69.7 Å². The first-order valence-electron chi connectivity index (χ1n) is 5.62. The van der Waals surface area contributed by atoms with Crippen LogP contribution in [0.4, 0.5) is 0 Å². The molecule has 0 atom stereocenters. The van der Waals surface area contributed by atoms with Crippen LogP contribution in [0.2, 0.25) is 0 Å². The van der Waals surface area contributed by atoms with Crippen molar-refractivity contribution in [2.24, 2.45) is 5.41 Å². The maximum absolute atomic E-state index is 11.2. The standard InChI is InChI=1S/C13H20O5/c1-9(2)12(16)18-8-13(4,5)7-17-11(15)6-10(3)14/h1,6-8H2,2-5H3. The van der Waals surface area contributed by atoms with Crippen LogP contribution in [-0.4, -0.2) is 30.9 Å². The predicted octanol–water partition coefficient (Wildman–Crippen LogP) is 1.65. The normalized spacial score (nSPS) is 10.7. The number of esters is 2. The van der Waals surface area contributed by atoms with Gasteiger partial charge in [0.1, 0.15) is 12.2 Å². The van der Waals surface area contributed by atoms with Crippen molar-refractivity contribution in [3.05, 3.63) is 12.2 Å². The lowest BCUT2D eigenvalue weighted by atomic mass is 9.96. The number of ether oxygens (including phenoxy) is 2. The van der Waals surface area contributed by atoms with E-state index >= 15 is 0 Å². The Hall–Kier alpha value is -1.65. The Balaban J connectivity index is 4.07. The molecule has 18 heavy (non-hydrogen) atoms. The highest BCUT2D eigenvalue weighted by atomic mass is 16.5. The summed E-state index contributed by atoms with van der Waals surface area (Å²) in [6, 6.07) is 0. The van der Waals surface area contributed by atoms with Crippen LogP contribution in [0.15, 0.2) is 12.2 Å². The average molecular weight is 256 g/mol. The summed E-state index contributed by atoms with van der Waals surface area (Å²) in [5, 5.41) is 0. The molecule has 5 heteroatoms. The maximum Gasteiger partial charge on any atom is 0.333 e. The van der Waals surface area contributed by atoms with Crippen molar-refractivity contribution in [1.82, 2.24) is 0 Å². The molecule has 0 amide bonds. The fourth-order valence-electron chi connectivity index (χ4n) is 0.956. The van der Waals surface area contributed by atoms with Crippen molar-refractivity contribution in [3.8, 4) is 0 Å². The van der Waals surface area contributed by atoms with E-state index in [-0.39, 0.29) is 25.4 Å². The second-order valence-corrected chi connectivity index (χ2v) is 5.06. The fraction of sp³-hybridized carbons (Fsp3) is 0.615. The molecule has 0 unspecified atom stereocenters. The van der Waals surface area contributed by atoms with Crippen LogP contribution in [-0.2, 0) is 23.9 Å². The molecule has 0 saturated carbocycles. The monoisotopic (exact) mass is 256 g/mol. The van der Waals surface area contributed by atoms with Gasteiger partial charge in [-0.1, -0.05) is 20.4 Å². The third kappa shape index (κ3) is 7.60. The Morgan fingerprint density at radius 3 is 2.00 bits per heavy atom. The van der Waals surface area contributed by atoms with Crippen LogP contribution in [0.3, 0.4) is 0 Å². The van der Waals surface area contributed by atoms with Crippen LogP contribution >= 0.6 is 0 Å². The van der Waals surface area contributed by atoms with E-state index in [0.717, 1.165) is 0 Å². The van der Waals surface area contributed by atoms with Crippen molar-refractivity contribution in [3.63, 3.8) is 0 Å². The van der Waals surface area contributed by atoms with Crippen LogP contribution in [0.5, 0.6) is 0 Å². The molecule has 0 aliphatic carbocycles. The van der Waals surface area contributed by atoms with Crippen molar-refractivity contribution in [1.29, 1.82) is 0 Å². The van der Waals surface area contributed by atoms with E-state index in [1.165, 1.54) is 6.92 Å². The number of hydrogen-bond donors (Lipinski definition) is 0. The number of rotatable bonds is 7. The molecule has 0 radical (unpaired) electrons. The Labute approximate surface area is 107 Å². The third-order valence-corrected chi connectivity index (χ3v) is 1.96. The Bertz CT molecular complexity index is 354. The first-order chi connectivity index (χ1) is 8.14. The number of Topliss-reactive ketones (excluding diaryl/α,β-unsaturated/α-hetero) is 1. The molecular weight excluding hydrogens is 236 g/mol. The third-order valence-electron chi connectivity index (χ3n) is 1.96. The summed E-state index contributed by atoms with van der Waals surface area (Å²) in [6.45, 7) is 10.1. The van der Waals surface area contributed by atoms with Crippen molar-refractivity contribution < 1.29 is 23.9 Å². The summed E-state index contributed by atoms with van der Waals surface area (Å²) < 4.78 is 9.92. The van der Waals surface area contributed by atoms with Gasteiger partial charge in [0.05, 0.1) is 13.2 Å². The Morgan fingerprint density at radius 2 is 1.56 bits per heavy atom. The lowest BCUT2D eigenvalue weighted by Crippen LogP contribution is -2.29. The molecular formula is C13H20O5. The Kier molecular flexibility index (Phi) is 6.30. The van der Waals surface area contributed by atoms with Gasteiger partial charge in [-0.25, -0.2) is 4.79 Å². The molecule has 5 nitrogen and oxygen atoms in total. The van der Waals surface area contributed by atoms with Gasteiger partial charge in [0.2, 0.25) is 0 Å². The van der Waals surface area contributed by atoms with Crippen molar-refractivity contribution in [2.45, 2.75) is 34.1 Å². The summed E-state index contributed by atoms with van der Waals surface area (Å²) in [5.41, 5.74) is -0.184. The summed E-state index contributed by atoms with van der Waals surface area (Å²) in [7, 11) is 0. The molecule has 0 bridgehead atoms. The summed E-state index contributed by atoms with van der Waals surface area (Å²) in [6.07, 6.45) is -0.234. The number of ketones is 1. The Morgan fingerprint density at radius 1 is 1.06 bits per heavy atom. The highest BCUT2D eigenvalue weighted by Gasteiger charge is 2.23. The van der Waals surface area contributed by atoms with E-state index in [1.807, 2.05) is 0 Å². The van der Waals surface area contributed by atoms with E-state index in [9.17, 15) is 14.4 Å². The van der Waals surface area contributed by atoms with Crippen LogP contribution < -0.4 is 0 Å². The second-order valence-electron chi connectivity index (χ2n) is 5.06. The van der Waals surface area contributed by atoms with Crippen LogP contribution in [0.25, 0.3) is 0 Å².